The standard InChI is InChI=1S/C62H42N2.C52H38N2/c1-41-15-14-16-43(37-41)42-27-31-48(32-28-42)63-58-25-12-9-22-52(58)54-38-44(29-35-60(54)63)45-30-36-61-55(39-45)53-23-10-13-26-59(53)64(61)49-33-34-51-50-21-8-11-24-56(50)62(57(51)40-49,46-17-4-2-5-18-46)47-19-6-3-7-20-47;1-33-11-10-12-35(29-33)34-19-23-38(24-20-34)53-48-17-8-5-14-42(48)44-30-36(21-27-50(44)53)37-22-28-51-45(31-37)43-15-6-9-18-49(43)54(51)39-25-26-41-40-13-4-7-16-46(40)52(2,3)47(41)32-39/h2-40H,1H3;4-32H,1-3H3. The lowest BCUT2D eigenvalue weighted by Crippen LogP contribution is -2.28. The van der Waals surface area contributed by atoms with Crippen molar-refractivity contribution in [2.75, 3.05) is 0 Å². The van der Waals surface area contributed by atoms with Gasteiger partial charge in [-0.15, -0.1) is 0 Å². The molecule has 22 aromatic rings. The van der Waals surface area contributed by atoms with E-state index in [2.05, 4.69) is 458 Å². The van der Waals surface area contributed by atoms with Gasteiger partial charge in [-0.3, -0.25) is 0 Å². The van der Waals surface area contributed by atoms with Crippen molar-refractivity contribution in [2.24, 2.45) is 0 Å². The van der Waals surface area contributed by atoms with Crippen LogP contribution in [-0.2, 0) is 10.8 Å². The molecule has 0 aliphatic heterocycles. The van der Waals surface area contributed by atoms with E-state index in [0.29, 0.717) is 0 Å². The normalized spacial score (nSPS) is 13.1. The maximum absolute atomic E-state index is 2.47. The van der Waals surface area contributed by atoms with Gasteiger partial charge in [0.15, 0.2) is 0 Å². The zero-order chi connectivity index (χ0) is 78.5. The first kappa shape index (κ1) is 68.7. The minimum atomic E-state index is -0.469. The van der Waals surface area contributed by atoms with Crippen LogP contribution in [-0.4, -0.2) is 18.3 Å². The zero-order valence-corrected chi connectivity index (χ0v) is 66.0. The highest BCUT2D eigenvalue weighted by atomic mass is 15.0. The number of aryl methyl sites for hydroxylation is 2. The zero-order valence-electron chi connectivity index (χ0n) is 66.0. The predicted molar refractivity (Wildman–Crippen MR) is 496 cm³/mol. The van der Waals surface area contributed by atoms with Crippen molar-refractivity contribution in [2.45, 2.75) is 38.5 Å². The van der Waals surface area contributed by atoms with Gasteiger partial charge < -0.3 is 18.3 Å². The molecule has 2 aliphatic carbocycles. The highest BCUT2D eigenvalue weighted by molar-refractivity contribution is 6.15. The van der Waals surface area contributed by atoms with Crippen LogP contribution in [0.1, 0.15) is 58.4 Å². The maximum Gasteiger partial charge on any atom is 0.0714 e. The van der Waals surface area contributed by atoms with E-state index in [1.807, 2.05) is 0 Å². The number of rotatable bonds is 10. The Morgan fingerprint density at radius 3 is 0.864 bits per heavy atom. The van der Waals surface area contributed by atoms with E-state index in [4.69, 9.17) is 0 Å². The average molecular weight is 1510 g/mol. The van der Waals surface area contributed by atoms with Gasteiger partial charge >= 0.3 is 0 Å². The van der Waals surface area contributed by atoms with Gasteiger partial charge in [-0.1, -0.05) is 316 Å². The molecule has 24 rings (SSSR count). The van der Waals surface area contributed by atoms with Crippen LogP contribution < -0.4 is 0 Å². The molecule has 556 valence electrons. The fourth-order valence-electron chi connectivity index (χ4n) is 20.4. The molecule has 4 aromatic heterocycles. The van der Waals surface area contributed by atoms with E-state index in [-0.39, 0.29) is 5.41 Å². The van der Waals surface area contributed by atoms with E-state index in [0.717, 1.165) is 11.4 Å². The van der Waals surface area contributed by atoms with Gasteiger partial charge in [0.1, 0.15) is 0 Å². The SMILES string of the molecule is Cc1cccc(-c2ccc(-n3c4ccccc4c4cc(-c5ccc6c(c5)c5ccccc5n6-c5ccc6c(c5)C(C)(C)c5ccccc5-6)ccc43)cc2)c1.Cc1cccc(-c2ccc(-n3c4ccccc4c4cc(-c5ccc6c(c5)c5ccccc5n6-c5ccc6c(c5)C(c5ccccc5)(c5ccccc5)c5ccccc5-6)ccc43)cc2)c1. The third-order valence-corrected chi connectivity index (χ3v) is 25.8. The minimum absolute atomic E-state index is 0.0551. The lowest BCUT2D eigenvalue weighted by molar-refractivity contribution is 0.660. The molecule has 0 fully saturated rings. The average Bonchev–Trinajstić information content (AvgIpc) is 1.51. The van der Waals surface area contributed by atoms with Gasteiger partial charge in [-0.05, 0) is 235 Å². The van der Waals surface area contributed by atoms with Gasteiger partial charge in [0.25, 0.3) is 0 Å². The molecule has 4 heterocycles. The van der Waals surface area contributed by atoms with Crippen molar-refractivity contribution in [3.8, 4) is 89.5 Å². The van der Waals surface area contributed by atoms with Crippen molar-refractivity contribution < 1.29 is 0 Å². The molecule has 4 heteroatoms. The molecule has 0 spiro atoms. The van der Waals surface area contributed by atoms with E-state index >= 15 is 0 Å². The summed E-state index contributed by atoms with van der Waals surface area (Å²) in [6.07, 6.45) is 0. The predicted octanol–water partition coefficient (Wildman–Crippen LogP) is 29.7. The van der Waals surface area contributed by atoms with Crippen molar-refractivity contribution in [3.63, 3.8) is 0 Å². The Kier molecular flexibility index (Phi) is 15.7. The summed E-state index contributed by atoms with van der Waals surface area (Å²) in [5.41, 5.74) is 39.4. The lowest BCUT2D eigenvalue weighted by Gasteiger charge is -2.34. The van der Waals surface area contributed by atoms with Crippen molar-refractivity contribution in [1.82, 2.24) is 18.3 Å². The van der Waals surface area contributed by atoms with E-state index in [9.17, 15) is 0 Å². The van der Waals surface area contributed by atoms with Gasteiger partial charge in [-0.25, -0.2) is 0 Å². The monoisotopic (exact) mass is 1500 g/mol. The van der Waals surface area contributed by atoms with Crippen molar-refractivity contribution in [1.29, 1.82) is 0 Å². The largest absolute Gasteiger partial charge is 0.309 e. The highest BCUT2D eigenvalue weighted by Crippen LogP contribution is 2.57. The molecule has 4 nitrogen and oxygen atoms in total. The number of hydrogen-bond acceptors (Lipinski definition) is 0. The number of aromatic nitrogens is 4. The Bertz CT molecular complexity index is 7790. The Hall–Kier alpha value is -14.8. The third-order valence-electron chi connectivity index (χ3n) is 25.8. The number of benzene rings is 18. The first-order valence-electron chi connectivity index (χ1n) is 41.2. The summed E-state index contributed by atoms with van der Waals surface area (Å²) in [7, 11) is 0. The number of hydrogen-bond donors (Lipinski definition) is 0. The third kappa shape index (κ3) is 10.6. The van der Waals surface area contributed by atoms with Gasteiger partial charge in [0, 0.05) is 71.3 Å². The van der Waals surface area contributed by atoms with Crippen molar-refractivity contribution in [3.05, 3.63) is 457 Å². The number of para-hydroxylation sites is 4. The molecular formula is C114H80N4. The molecule has 0 amide bonds. The summed E-state index contributed by atoms with van der Waals surface area (Å²) in [5, 5.41) is 10.0. The molecule has 2 aliphatic rings. The molecule has 0 saturated carbocycles. The Morgan fingerprint density at radius 2 is 0.466 bits per heavy atom. The van der Waals surface area contributed by atoms with E-state index in [1.165, 1.54) is 210 Å². The molecule has 18 aromatic carbocycles. The second-order valence-electron chi connectivity index (χ2n) is 32.8. The van der Waals surface area contributed by atoms with Crippen LogP contribution in [0.15, 0.2) is 413 Å². The van der Waals surface area contributed by atoms with Gasteiger partial charge in [0.05, 0.1) is 49.5 Å². The van der Waals surface area contributed by atoms with E-state index in [1.54, 1.807) is 0 Å². The quantitative estimate of drug-likeness (QED) is 0.130. The van der Waals surface area contributed by atoms with Crippen LogP contribution >= 0.6 is 0 Å². The van der Waals surface area contributed by atoms with E-state index < -0.39 is 5.41 Å². The first-order valence-corrected chi connectivity index (χ1v) is 41.2. The summed E-state index contributed by atoms with van der Waals surface area (Å²) in [5.74, 6) is 0. The lowest BCUT2D eigenvalue weighted by atomic mass is 9.67. The Labute approximate surface area is 685 Å². The maximum atomic E-state index is 2.47. The molecule has 0 radical (unpaired) electrons. The number of nitrogens with zero attached hydrogens (tertiary/aromatic N) is 4. The summed E-state index contributed by atoms with van der Waals surface area (Å²) >= 11 is 0. The minimum Gasteiger partial charge on any atom is -0.309 e. The highest BCUT2D eigenvalue weighted by Gasteiger charge is 2.46. The second kappa shape index (κ2) is 26.9. The second-order valence-corrected chi connectivity index (χ2v) is 32.8. The van der Waals surface area contributed by atoms with Crippen LogP contribution in [0, 0.1) is 13.8 Å². The summed E-state index contributed by atoms with van der Waals surface area (Å²) in [6, 6.07) is 153. The molecule has 0 bridgehead atoms. The van der Waals surface area contributed by atoms with Crippen LogP contribution in [0.4, 0.5) is 0 Å². The molecule has 0 atom stereocenters. The summed E-state index contributed by atoms with van der Waals surface area (Å²) < 4.78 is 9.74. The van der Waals surface area contributed by atoms with Crippen LogP contribution in [0.5, 0.6) is 0 Å². The topological polar surface area (TPSA) is 19.7 Å². The van der Waals surface area contributed by atoms with Crippen LogP contribution in [0.3, 0.4) is 0 Å². The van der Waals surface area contributed by atoms with Crippen LogP contribution in [0.2, 0.25) is 0 Å². The van der Waals surface area contributed by atoms with Gasteiger partial charge in [-0.2, -0.15) is 0 Å². The van der Waals surface area contributed by atoms with Crippen LogP contribution in [0.25, 0.3) is 177 Å². The number of fused-ring (bicyclic) bond motifs is 18. The fourth-order valence-corrected chi connectivity index (χ4v) is 20.4. The Balaban J connectivity index is 0.000000140. The molecule has 0 N–H and O–H groups in total. The molecular weight excluding hydrogens is 1430 g/mol. The smallest absolute Gasteiger partial charge is 0.0714 e. The molecule has 0 unspecified atom stereocenters. The summed E-state index contributed by atoms with van der Waals surface area (Å²) in [6.45, 7) is 9.01. The first-order chi connectivity index (χ1) is 58.1. The van der Waals surface area contributed by atoms with Gasteiger partial charge in [0.2, 0.25) is 0 Å². The Morgan fingerprint density at radius 1 is 0.178 bits per heavy atom. The fraction of sp³-hybridized carbons (Fsp3) is 0.0526. The molecule has 118 heavy (non-hydrogen) atoms. The van der Waals surface area contributed by atoms with Crippen molar-refractivity contribution >= 4 is 87.2 Å². The summed E-state index contributed by atoms with van der Waals surface area (Å²) in [4.78, 5) is 0. The molecule has 0 saturated heterocycles.